The van der Waals surface area contributed by atoms with Gasteiger partial charge in [-0.05, 0) is 35.4 Å². The van der Waals surface area contributed by atoms with E-state index in [-0.39, 0.29) is 23.6 Å². The first-order chi connectivity index (χ1) is 18.1. The van der Waals surface area contributed by atoms with E-state index in [0.29, 0.717) is 18.6 Å². The fourth-order valence-corrected chi connectivity index (χ4v) is 3.99. The van der Waals surface area contributed by atoms with Crippen molar-refractivity contribution in [3.63, 3.8) is 0 Å². The molecule has 0 radical (unpaired) electrons. The van der Waals surface area contributed by atoms with Gasteiger partial charge < -0.3 is 24.3 Å². The monoisotopic (exact) mass is 522 g/mol. The van der Waals surface area contributed by atoms with Crippen LogP contribution in [0.15, 0.2) is 59.1 Å². The van der Waals surface area contributed by atoms with Crippen molar-refractivity contribution in [2.45, 2.75) is 44.2 Å². The largest absolute Gasteiger partial charge is 0.490 e. The van der Waals surface area contributed by atoms with Gasteiger partial charge in [0.25, 0.3) is 11.6 Å². The van der Waals surface area contributed by atoms with Crippen molar-refractivity contribution in [1.29, 1.82) is 0 Å². The molecule has 1 aliphatic rings. The molecule has 38 heavy (non-hydrogen) atoms. The molecule has 1 aromatic heterocycles. The fraction of sp³-hybridized carbons (Fsp3) is 0.269. The van der Waals surface area contributed by atoms with E-state index in [9.17, 15) is 19.2 Å². The molecule has 0 bridgehead atoms. The summed E-state index contributed by atoms with van der Waals surface area (Å²) < 4.78 is 16.6. The van der Waals surface area contributed by atoms with Crippen molar-refractivity contribution in [2.75, 3.05) is 0 Å². The number of oxazole rings is 1. The lowest BCUT2D eigenvalue weighted by Gasteiger charge is -2.35. The second-order valence-corrected chi connectivity index (χ2v) is 9.26. The molecule has 0 aliphatic heterocycles. The summed E-state index contributed by atoms with van der Waals surface area (Å²) in [4.78, 5) is 49.3. The summed E-state index contributed by atoms with van der Waals surface area (Å²) >= 11 is 0. The molecule has 2 amide bonds. The first-order valence-corrected chi connectivity index (χ1v) is 11.7. The molecule has 1 saturated carbocycles. The van der Waals surface area contributed by atoms with Crippen LogP contribution in [0.1, 0.15) is 48.4 Å². The number of hydrazine groups is 1. The minimum Gasteiger partial charge on any atom is -0.490 e. The van der Waals surface area contributed by atoms with Crippen LogP contribution in [0, 0.1) is 0 Å². The van der Waals surface area contributed by atoms with Gasteiger partial charge in [-0.15, -0.1) is 0 Å². The average molecular weight is 523 g/mol. The van der Waals surface area contributed by atoms with E-state index < -0.39 is 29.3 Å². The highest BCUT2D eigenvalue weighted by Crippen LogP contribution is 2.35. The first kappa shape index (κ1) is 26.4. The Bertz CT molecular complexity index is 1340. The molecule has 2 aromatic carbocycles. The highest BCUT2D eigenvalue weighted by atomic mass is 16.6. The third kappa shape index (κ3) is 5.81. The lowest BCUT2D eigenvalue weighted by molar-refractivity contribution is -0.135. The van der Waals surface area contributed by atoms with Crippen molar-refractivity contribution in [3.05, 3.63) is 71.6 Å². The first-order valence-electron chi connectivity index (χ1n) is 11.7. The Hall–Kier alpha value is -4.71. The van der Waals surface area contributed by atoms with E-state index in [0.717, 1.165) is 23.1 Å². The van der Waals surface area contributed by atoms with Crippen LogP contribution >= 0.6 is 0 Å². The van der Waals surface area contributed by atoms with Crippen molar-refractivity contribution in [2.24, 2.45) is 5.84 Å². The van der Waals surface area contributed by atoms with Gasteiger partial charge in [0.15, 0.2) is 0 Å². The Morgan fingerprint density at radius 3 is 2.13 bits per heavy atom. The van der Waals surface area contributed by atoms with Crippen LogP contribution in [0.4, 0.5) is 4.79 Å². The number of ketones is 2. The summed E-state index contributed by atoms with van der Waals surface area (Å²) in [7, 11) is 0. The number of carboxylic acid groups (broad SMARTS) is 1. The van der Waals surface area contributed by atoms with Crippen molar-refractivity contribution in [1.82, 2.24) is 15.7 Å². The Morgan fingerprint density at radius 2 is 1.58 bits per heavy atom. The van der Waals surface area contributed by atoms with Crippen LogP contribution in [0.2, 0.25) is 0 Å². The Labute approximate surface area is 217 Å². The molecule has 1 aliphatic carbocycles. The molecule has 0 saturated heterocycles. The number of nitrogens with one attached hydrogen (secondary N) is 2. The topological polar surface area (TPSA) is 183 Å². The summed E-state index contributed by atoms with van der Waals surface area (Å²) in [6.45, 7) is 4.15. The van der Waals surface area contributed by atoms with E-state index >= 15 is 0 Å². The Kier molecular flexibility index (Phi) is 7.44. The summed E-state index contributed by atoms with van der Waals surface area (Å²) in [5.41, 5.74) is 3.29. The molecule has 4 rings (SSSR count). The van der Waals surface area contributed by atoms with E-state index in [4.69, 9.17) is 24.8 Å². The second-order valence-electron chi connectivity index (χ2n) is 9.26. The maximum absolute atomic E-state index is 12.0. The number of benzene rings is 2. The third-order valence-corrected chi connectivity index (χ3v) is 6.33. The van der Waals surface area contributed by atoms with E-state index in [1.165, 1.54) is 0 Å². The zero-order valence-corrected chi connectivity index (χ0v) is 20.6. The number of rotatable bonds is 10. The normalized spacial score (nSPS) is 16.6. The van der Waals surface area contributed by atoms with Gasteiger partial charge in [0.1, 0.15) is 17.6 Å². The zero-order valence-electron chi connectivity index (χ0n) is 20.6. The van der Waals surface area contributed by atoms with Gasteiger partial charge in [-0.1, -0.05) is 38.1 Å². The van der Waals surface area contributed by atoms with Gasteiger partial charge in [-0.2, -0.15) is 4.98 Å². The van der Waals surface area contributed by atoms with E-state index in [2.05, 4.69) is 24.1 Å². The predicted octanol–water partition coefficient (Wildman–Crippen LogP) is 2.71. The van der Waals surface area contributed by atoms with Gasteiger partial charge in [-0.25, -0.2) is 10.6 Å². The number of hydrogen-bond acceptors (Lipinski definition) is 9. The smallest absolute Gasteiger partial charge is 0.404 e. The van der Waals surface area contributed by atoms with Crippen molar-refractivity contribution < 1.29 is 38.2 Å². The summed E-state index contributed by atoms with van der Waals surface area (Å²) in [5, 5.41) is 11.2. The molecule has 12 heteroatoms. The lowest BCUT2D eigenvalue weighted by Crippen LogP contribution is -2.48. The average Bonchev–Trinajstić information content (AvgIpc) is 3.35. The number of nitrogens with two attached hydrogens (primary N) is 1. The van der Waals surface area contributed by atoms with Gasteiger partial charge >= 0.3 is 18.1 Å². The predicted molar refractivity (Wildman–Crippen MR) is 132 cm³/mol. The Morgan fingerprint density at radius 1 is 1.00 bits per heavy atom. The molecule has 3 aromatic rings. The van der Waals surface area contributed by atoms with Crippen molar-refractivity contribution >= 4 is 23.6 Å². The lowest BCUT2D eigenvalue weighted by atomic mass is 9.78. The maximum Gasteiger partial charge on any atom is 0.404 e. The van der Waals surface area contributed by atoms with Crippen LogP contribution in [-0.4, -0.2) is 45.8 Å². The number of aromatic nitrogens is 1. The highest BCUT2D eigenvalue weighted by molar-refractivity contribution is 6.66. The molecular weight excluding hydrogens is 496 g/mol. The fourth-order valence-electron chi connectivity index (χ4n) is 3.99. The van der Waals surface area contributed by atoms with Crippen LogP contribution < -0.4 is 26.1 Å². The summed E-state index contributed by atoms with van der Waals surface area (Å²) in [5.74, 6) is 1.67. The number of carbonyl (C=O) groups excluding carboxylic acids is 3. The van der Waals surface area contributed by atoms with Crippen LogP contribution in [0.3, 0.4) is 0 Å². The van der Waals surface area contributed by atoms with E-state index in [1.54, 1.807) is 17.6 Å². The van der Waals surface area contributed by atoms with Crippen LogP contribution in [0.5, 0.6) is 17.6 Å². The zero-order chi connectivity index (χ0) is 27.4. The summed E-state index contributed by atoms with van der Waals surface area (Å²) in [6.07, 6.45) is 0.966. The molecule has 5 N–H and O–H groups in total. The standard InChI is InChI=1S/C26H26N4O8/c1-26(2,14-3-7-17(8-4-14)36-19-11-16(12-19)29-24(34)35)15-5-9-18(10-6-15)37-25-28-13-20(38-25)21(31)22(32)23(33)30-27/h3-10,13,16,19,29H,11-12,27H2,1-2H3,(H,30,33)(H,34,35)/t16-,19-. The maximum atomic E-state index is 12.0. The molecule has 198 valence electrons. The van der Waals surface area contributed by atoms with Gasteiger partial charge in [0, 0.05) is 24.3 Å². The molecule has 12 nitrogen and oxygen atoms in total. The molecule has 0 spiro atoms. The highest BCUT2D eigenvalue weighted by Gasteiger charge is 2.32. The van der Waals surface area contributed by atoms with E-state index in [1.807, 2.05) is 36.4 Å². The molecule has 0 atom stereocenters. The Balaban J connectivity index is 1.36. The van der Waals surface area contributed by atoms with Crippen LogP contribution in [-0.2, 0) is 15.0 Å². The number of amides is 2. The number of ether oxygens (including phenoxy) is 2. The minimum absolute atomic E-state index is 0.0120. The second kappa shape index (κ2) is 10.7. The number of carbonyl (C=O) groups is 4. The summed E-state index contributed by atoms with van der Waals surface area (Å²) in [6, 6.07) is 14.9. The SMILES string of the molecule is CC(C)(c1ccc(Oc2ncc(C(=O)C(=O)C(=O)NN)o2)cc1)c1ccc(O[C@H]2C[C@H](NC(=O)O)C2)cc1. The molecular formula is C26H26N4O8. The quantitative estimate of drug-likeness (QED) is 0.0771. The third-order valence-electron chi connectivity index (χ3n) is 6.33. The van der Waals surface area contributed by atoms with Gasteiger partial charge in [0.05, 0.1) is 6.20 Å². The number of hydrogen-bond donors (Lipinski definition) is 4. The number of nitrogens with zero attached hydrogens (tertiary/aromatic N) is 1. The van der Waals surface area contributed by atoms with Crippen molar-refractivity contribution in [3.8, 4) is 17.6 Å². The molecule has 1 heterocycles. The van der Waals surface area contributed by atoms with Gasteiger partial charge in [0.2, 0.25) is 5.76 Å². The molecule has 1 fully saturated rings. The van der Waals surface area contributed by atoms with Gasteiger partial charge in [-0.3, -0.25) is 19.8 Å². The number of Topliss-reactive ketones (excluding diaryl/α,β-unsaturated/α-hetero) is 2. The molecule has 0 unspecified atom stereocenters. The minimum atomic E-state index is -1.38. The van der Waals surface area contributed by atoms with Crippen LogP contribution in [0.25, 0.3) is 0 Å².